The molecule has 0 aliphatic carbocycles. The highest BCUT2D eigenvalue weighted by atomic mass is 35.5. The number of hydrogen-bond acceptors (Lipinski definition) is 2. The molecule has 4 nitrogen and oxygen atoms in total. The summed E-state index contributed by atoms with van der Waals surface area (Å²) in [5, 5.41) is 5.84. The third kappa shape index (κ3) is 6.62. The summed E-state index contributed by atoms with van der Waals surface area (Å²) < 4.78 is 0. The number of benzene rings is 1. The maximum Gasteiger partial charge on any atom is 0.244 e. The first-order valence-electron chi connectivity index (χ1n) is 5.98. The molecule has 0 fully saturated rings. The Morgan fingerprint density at radius 3 is 2.47 bits per heavy atom. The van der Waals surface area contributed by atoms with Crippen LogP contribution in [0.4, 0.5) is 0 Å². The second kappa shape index (κ2) is 7.59. The van der Waals surface area contributed by atoms with Crippen molar-refractivity contribution >= 4 is 29.5 Å². The predicted octanol–water partition coefficient (Wildman–Crippen LogP) is 1.99. The van der Waals surface area contributed by atoms with Crippen LogP contribution in [0.2, 0.25) is 5.02 Å². The fourth-order valence-electron chi connectivity index (χ4n) is 1.35. The molecule has 0 spiro atoms. The molecule has 0 unspecified atom stereocenters. The minimum atomic E-state index is -0.311. The number of carbonyl (C=O) groups is 2. The van der Waals surface area contributed by atoms with Gasteiger partial charge in [-0.05, 0) is 37.6 Å². The Labute approximate surface area is 117 Å². The van der Waals surface area contributed by atoms with Crippen molar-refractivity contribution in [3.8, 4) is 0 Å². The van der Waals surface area contributed by atoms with Crippen molar-refractivity contribution in [3.63, 3.8) is 0 Å². The van der Waals surface area contributed by atoms with Crippen molar-refractivity contribution in [1.29, 1.82) is 0 Å². The topological polar surface area (TPSA) is 58.2 Å². The van der Waals surface area contributed by atoms with E-state index in [0.717, 1.165) is 5.56 Å². The molecular formula is C14H17ClN2O2. The van der Waals surface area contributed by atoms with Gasteiger partial charge in [0.25, 0.3) is 0 Å². The van der Waals surface area contributed by atoms with Crippen LogP contribution in [-0.2, 0) is 9.59 Å². The lowest BCUT2D eigenvalue weighted by atomic mass is 10.2. The SMILES string of the molecule is CC(C)NC(=O)CNC(=O)/C=C/c1ccc(Cl)cc1. The van der Waals surface area contributed by atoms with E-state index < -0.39 is 0 Å². The minimum absolute atomic E-state index is 0.0258. The van der Waals surface area contributed by atoms with Crippen LogP contribution in [0, 0.1) is 0 Å². The summed E-state index contributed by atoms with van der Waals surface area (Å²) in [6.45, 7) is 3.70. The van der Waals surface area contributed by atoms with Crippen molar-refractivity contribution in [1.82, 2.24) is 10.6 Å². The Kier molecular flexibility index (Phi) is 6.09. The standard InChI is InChI=1S/C14H17ClN2O2/c1-10(2)17-14(19)9-16-13(18)8-5-11-3-6-12(15)7-4-11/h3-8,10H,9H2,1-2H3,(H,16,18)(H,17,19)/b8-5+. The maximum atomic E-state index is 11.5. The Morgan fingerprint density at radius 1 is 1.26 bits per heavy atom. The van der Waals surface area contributed by atoms with Gasteiger partial charge in [-0.15, -0.1) is 0 Å². The molecule has 0 bridgehead atoms. The molecule has 0 saturated heterocycles. The average molecular weight is 281 g/mol. The van der Waals surface area contributed by atoms with E-state index in [9.17, 15) is 9.59 Å². The van der Waals surface area contributed by atoms with Crippen LogP contribution in [0.15, 0.2) is 30.3 Å². The summed E-state index contributed by atoms with van der Waals surface area (Å²) in [7, 11) is 0. The molecule has 0 radical (unpaired) electrons. The number of amides is 2. The van der Waals surface area contributed by atoms with Crippen LogP contribution < -0.4 is 10.6 Å². The zero-order chi connectivity index (χ0) is 14.3. The van der Waals surface area contributed by atoms with E-state index in [1.54, 1.807) is 30.3 Å². The van der Waals surface area contributed by atoms with Crippen molar-refractivity contribution in [2.24, 2.45) is 0 Å². The molecule has 0 aromatic heterocycles. The normalized spacial score (nSPS) is 10.7. The molecule has 19 heavy (non-hydrogen) atoms. The largest absolute Gasteiger partial charge is 0.352 e. The molecule has 1 aromatic carbocycles. The quantitative estimate of drug-likeness (QED) is 0.811. The van der Waals surface area contributed by atoms with Crippen LogP contribution >= 0.6 is 11.6 Å². The van der Waals surface area contributed by atoms with Crippen LogP contribution in [0.1, 0.15) is 19.4 Å². The molecule has 5 heteroatoms. The van der Waals surface area contributed by atoms with E-state index in [0.29, 0.717) is 5.02 Å². The molecule has 2 N–H and O–H groups in total. The first-order valence-corrected chi connectivity index (χ1v) is 6.36. The van der Waals surface area contributed by atoms with E-state index in [1.165, 1.54) is 6.08 Å². The fourth-order valence-corrected chi connectivity index (χ4v) is 1.47. The molecule has 2 amide bonds. The lowest BCUT2D eigenvalue weighted by Crippen LogP contribution is -2.39. The van der Waals surface area contributed by atoms with Crippen molar-refractivity contribution < 1.29 is 9.59 Å². The number of hydrogen-bond donors (Lipinski definition) is 2. The van der Waals surface area contributed by atoms with Gasteiger partial charge in [-0.3, -0.25) is 9.59 Å². The first kappa shape index (κ1) is 15.2. The van der Waals surface area contributed by atoms with Gasteiger partial charge in [0, 0.05) is 17.1 Å². The van der Waals surface area contributed by atoms with Crippen molar-refractivity contribution in [2.75, 3.05) is 6.54 Å². The lowest BCUT2D eigenvalue weighted by molar-refractivity contribution is -0.124. The molecule has 1 aromatic rings. The predicted molar refractivity (Wildman–Crippen MR) is 76.8 cm³/mol. The van der Waals surface area contributed by atoms with Crippen LogP contribution in [0.3, 0.4) is 0 Å². The molecule has 1 rings (SSSR count). The average Bonchev–Trinajstić information content (AvgIpc) is 2.35. The summed E-state index contributed by atoms with van der Waals surface area (Å²) >= 11 is 5.75. The monoisotopic (exact) mass is 280 g/mol. The van der Waals surface area contributed by atoms with Gasteiger partial charge in [0.05, 0.1) is 6.54 Å². The molecule has 0 saturated carbocycles. The van der Waals surface area contributed by atoms with E-state index in [4.69, 9.17) is 11.6 Å². The van der Waals surface area contributed by atoms with Crippen LogP contribution in [0.25, 0.3) is 6.08 Å². The summed E-state index contributed by atoms with van der Waals surface area (Å²) in [4.78, 5) is 22.8. The molecule has 0 heterocycles. The number of halogens is 1. The first-order chi connectivity index (χ1) is 8.97. The highest BCUT2D eigenvalue weighted by Gasteiger charge is 2.03. The third-order valence-corrected chi connectivity index (χ3v) is 2.42. The molecular weight excluding hydrogens is 264 g/mol. The van der Waals surface area contributed by atoms with E-state index in [2.05, 4.69) is 10.6 Å². The second-order valence-corrected chi connectivity index (χ2v) is 4.76. The number of nitrogens with one attached hydrogen (secondary N) is 2. The third-order valence-electron chi connectivity index (χ3n) is 2.17. The zero-order valence-electron chi connectivity index (χ0n) is 10.9. The highest BCUT2D eigenvalue weighted by Crippen LogP contribution is 2.10. The van der Waals surface area contributed by atoms with Crippen molar-refractivity contribution in [3.05, 3.63) is 40.9 Å². The van der Waals surface area contributed by atoms with Crippen LogP contribution in [-0.4, -0.2) is 24.4 Å². The summed E-state index contributed by atoms with van der Waals surface area (Å²) in [5.74, 6) is -0.517. The maximum absolute atomic E-state index is 11.5. The lowest BCUT2D eigenvalue weighted by Gasteiger charge is -2.07. The van der Waals surface area contributed by atoms with Gasteiger partial charge in [-0.2, -0.15) is 0 Å². The summed E-state index contributed by atoms with van der Waals surface area (Å²) in [6.07, 6.45) is 3.04. The van der Waals surface area contributed by atoms with Gasteiger partial charge >= 0.3 is 0 Å². The van der Waals surface area contributed by atoms with Gasteiger partial charge in [0.15, 0.2) is 0 Å². The molecule has 102 valence electrons. The molecule has 0 aliphatic rings. The van der Waals surface area contributed by atoms with Gasteiger partial charge in [-0.1, -0.05) is 23.7 Å². The van der Waals surface area contributed by atoms with Gasteiger partial charge < -0.3 is 10.6 Å². The number of carbonyl (C=O) groups excluding carboxylic acids is 2. The zero-order valence-corrected chi connectivity index (χ0v) is 11.7. The van der Waals surface area contributed by atoms with Gasteiger partial charge in [0.1, 0.15) is 0 Å². The van der Waals surface area contributed by atoms with Crippen LogP contribution in [0.5, 0.6) is 0 Å². The Bertz CT molecular complexity index is 467. The fraction of sp³-hybridized carbons (Fsp3) is 0.286. The molecule has 0 aliphatic heterocycles. The highest BCUT2D eigenvalue weighted by molar-refractivity contribution is 6.30. The van der Waals surface area contributed by atoms with E-state index in [1.807, 2.05) is 13.8 Å². The van der Waals surface area contributed by atoms with Gasteiger partial charge in [-0.25, -0.2) is 0 Å². The summed E-state index contributed by atoms with van der Waals surface area (Å²) in [5.41, 5.74) is 0.867. The Hall–Kier alpha value is -1.81. The van der Waals surface area contributed by atoms with Gasteiger partial charge in [0.2, 0.25) is 11.8 Å². The Balaban J connectivity index is 2.39. The van der Waals surface area contributed by atoms with Crippen molar-refractivity contribution in [2.45, 2.75) is 19.9 Å². The second-order valence-electron chi connectivity index (χ2n) is 4.32. The minimum Gasteiger partial charge on any atom is -0.352 e. The van der Waals surface area contributed by atoms with E-state index in [-0.39, 0.29) is 24.4 Å². The number of rotatable bonds is 5. The smallest absolute Gasteiger partial charge is 0.244 e. The Morgan fingerprint density at radius 2 is 1.89 bits per heavy atom. The van der Waals surface area contributed by atoms with E-state index >= 15 is 0 Å². The summed E-state index contributed by atoms with van der Waals surface area (Å²) in [6, 6.07) is 7.16. The molecule has 0 atom stereocenters.